The second-order valence-electron chi connectivity index (χ2n) is 5.57. The number of rotatable bonds is 6. The van der Waals surface area contributed by atoms with Gasteiger partial charge in [-0.25, -0.2) is 4.98 Å². The fourth-order valence-corrected chi connectivity index (χ4v) is 2.51. The van der Waals surface area contributed by atoms with Crippen LogP contribution in [0, 0.1) is 6.92 Å². The van der Waals surface area contributed by atoms with Crippen LogP contribution in [0.15, 0.2) is 54.6 Å². The Hall–Kier alpha value is -2.63. The first-order chi connectivity index (χ1) is 12.2. The van der Waals surface area contributed by atoms with E-state index < -0.39 is 0 Å². The predicted molar refractivity (Wildman–Crippen MR) is 103 cm³/mol. The van der Waals surface area contributed by atoms with E-state index in [1.165, 1.54) is 0 Å². The van der Waals surface area contributed by atoms with Gasteiger partial charge in [0.1, 0.15) is 5.82 Å². The lowest BCUT2D eigenvalue weighted by Gasteiger charge is -2.12. The highest BCUT2D eigenvalue weighted by atomic mass is 35.5. The number of hydrogen-bond donors (Lipinski definition) is 3. The van der Waals surface area contributed by atoms with Crippen LogP contribution in [-0.4, -0.2) is 28.2 Å². The zero-order chi connectivity index (χ0) is 17.6. The Kier molecular flexibility index (Phi) is 5.48. The van der Waals surface area contributed by atoms with Crippen molar-refractivity contribution in [1.29, 1.82) is 0 Å². The summed E-state index contributed by atoms with van der Waals surface area (Å²) in [7, 11) is 0. The molecule has 0 saturated heterocycles. The van der Waals surface area contributed by atoms with E-state index in [0.29, 0.717) is 23.3 Å². The Morgan fingerprint density at radius 1 is 1.04 bits per heavy atom. The maximum absolute atomic E-state index is 9.03. The van der Waals surface area contributed by atoms with Crippen molar-refractivity contribution in [3.8, 4) is 11.3 Å². The van der Waals surface area contributed by atoms with Crippen LogP contribution in [0.5, 0.6) is 0 Å². The van der Waals surface area contributed by atoms with Gasteiger partial charge in [-0.1, -0.05) is 48.0 Å². The molecule has 6 heteroatoms. The number of hydrogen-bond acceptors (Lipinski definition) is 5. The molecule has 0 aliphatic heterocycles. The van der Waals surface area contributed by atoms with Crippen LogP contribution in [0.25, 0.3) is 11.3 Å². The predicted octanol–water partition coefficient (Wildman–Crippen LogP) is 4.25. The van der Waals surface area contributed by atoms with E-state index in [2.05, 4.69) is 20.6 Å². The van der Waals surface area contributed by atoms with Crippen molar-refractivity contribution in [2.24, 2.45) is 0 Å². The first-order valence-corrected chi connectivity index (χ1v) is 8.36. The summed E-state index contributed by atoms with van der Waals surface area (Å²) in [4.78, 5) is 8.97. The van der Waals surface area contributed by atoms with Crippen molar-refractivity contribution in [3.63, 3.8) is 0 Å². The summed E-state index contributed by atoms with van der Waals surface area (Å²) in [5.41, 5.74) is 3.64. The normalized spacial score (nSPS) is 10.5. The van der Waals surface area contributed by atoms with Gasteiger partial charge in [0.15, 0.2) is 0 Å². The molecule has 0 radical (unpaired) electrons. The van der Waals surface area contributed by atoms with Crippen LogP contribution in [0.2, 0.25) is 5.02 Å². The third kappa shape index (κ3) is 4.47. The Morgan fingerprint density at radius 3 is 2.56 bits per heavy atom. The minimum Gasteiger partial charge on any atom is -0.395 e. The topological polar surface area (TPSA) is 70.1 Å². The summed E-state index contributed by atoms with van der Waals surface area (Å²) in [6.45, 7) is 2.35. The number of nitrogens with zero attached hydrogens (tertiary/aromatic N) is 2. The molecule has 0 aliphatic carbocycles. The van der Waals surface area contributed by atoms with Crippen LogP contribution in [0.4, 0.5) is 17.5 Å². The van der Waals surface area contributed by atoms with Crippen LogP contribution in [0.1, 0.15) is 5.56 Å². The van der Waals surface area contributed by atoms with E-state index in [9.17, 15) is 0 Å². The number of aliphatic hydroxyl groups excluding tert-OH is 1. The smallest absolute Gasteiger partial charge is 0.225 e. The van der Waals surface area contributed by atoms with Gasteiger partial charge < -0.3 is 15.7 Å². The van der Waals surface area contributed by atoms with Crippen molar-refractivity contribution in [1.82, 2.24) is 9.97 Å². The molecule has 0 fully saturated rings. The summed E-state index contributed by atoms with van der Waals surface area (Å²) in [6, 6.07) is 17.5. The number of benzene rings is 2. The van der Waals surface area contributed by atoms with Gasteiger partial charge in [0.05, 0.1) is 12.3 Å². The maximum Gasteiger partial charge on any atom is 0.225 e. The Morgan fingerprint density at radius 2 is 1.84 bits per heavy atom. The van der Waals surface area contributed by atoms with E-state index >= 15 is 0 Å². The van der Waals surface area contributed by atoms with Crippen molar-refractivity contribution < 1.29 is 5.11 Å². The SMILES string of the molecule is Cc1ccc(Nc2cc(-c3ccccc3)nc(NCCO)n2)cc1Cl. The second-order valence-corrected chi connectivity index (χ2v) is 5.97. The molecule has 5 nitrogen and oxygen atoms in total. The van der Waals surface area contributed by atoms with Crippen molar-refractivity contribution >= 4 is 29.1 Å². The molecule has 128 valence electrons. The maximum atomic E-state index is 9.03. The lowest BCUT2D eigenvalue weighted by atomic mass is 10.1. The number of anilines is 3. The fraction of sp³-hybridized carbons (Fsp3) is 0.158. The summed E-state index contributed by atoms with van der Waals surface area (Å²) < 4.78 is 0. The van der Waals surface area contributed by atoms with Gasteiger partial charge in [-0.2, -0.15) is 4.98 Å². The number of aromatic nitrogens is 2. The molecule has 3 N–H and O–H groups in total. The number of halogens is 1. The zero-order valence-electron chi connectivity index (χ0n) is 13.8. The highest BCUT2D eigenvalue weighted by Crippen LogP contribution is 2.26. The minimum absolute atomic E-state index is 0.00918. The minimum atomic E-state index is 0.00918. The largest absolute Gasteiger partial charge is 0.395 e. The van der Waals surface area contributed by atoms with Crippen molar-refractivity contribution in [2.75, 3.05) is 23.8 Å². The molecule has 25 heavy (non-hydrogen) atoms. The van der Waals surface area contributed by atoms with E-state index in [1.807, 2.05) is 61.5 Å². The van der Waals surface area contributed by atoms with Gasteiger partial charge in [-0.15, -0.1) is 0 Å². The highest BCUT2D eigenvalue weighted by molar-refractivity contribution is 6.31. The molecule has 0 saturated carbocycles. The molecule has 2 aromatic carbocycles. The molecule has 3 aromatic rings. The Labute approximate surface area is 151 Å². The van der Waals surface area contributed by atoms with Gasteiger partial charge in [-0.05, 0) is 24.6 Å². The third-order valence-corrected chi connectivity index (χ3v) is 4.04. The van der Waals surface area contributed by atoms with Crippen molar-refractivity contribution in [3.05, 3.63) is 65.2 Å². The monoisotopic (exact) mass is 354 g/mol. The number of aliphatic hydroxyl groups is 1. The van der Waals surface area contributed by atoms with E-state index in [4.69, 9.17) is 16.7 Å². The van der Waals surface area contributed by atoms with Gasteiger partial charge in [-0.3, -0.25) is 0 Å². The number of nitrogens with one attached hydrogen (secondary N) is 2. The highest BCUT2D eigenvalue weighted by Gasteiger charge is 2.07. The first-order valence-electron chi connectivity index (χ1n) is 7.98. The lowest BCUT2D eigenvalue weighted by molar-refractivity contribution is 0.311. The molecule has 0 amide bonds. The first kappa shape index (κ1) is 17.2. The summed E-state index contributed by atoms with van der Waals surface area (Å²) in [5.74, 6) is 1.10. The quantitative estimate of drug-likeness (QED) is 0.617. The van der Waals surface area contributed by atoms with Crippen molar-refractivity contribution in [2.45, 2.75) is 6.92 Å². The molecule has 0 aliphatic rings. The fourth-order valence-electron chi connectivity index (χ4n) is 2.33. The molecular formula is C19H19ClN4O. The van der Waals surface area contributed by atoms with Gasteiger partial charge >= 0.3 is 0 Å². The summed E-state index contributed by atoms with van der Waals surface area (Å²) in [5, 5.41) is 16.0. The molecular weight excluding hydrogens is 336 g/mol. The molecule has 0 atom stereocenters. The lowest BCUT2D eigenvalue weighted by Crippen LogP contribution is -2.10. The van der Waals surface area contributed by atoms with Crippen LogP contribution < -0.4 is 10.6 Å². The second kappa shape index (κ2) is 7.96. The van der Waals surface area contributed by atoms with Gasteiger partial charge in [0.25, 0.3) is 0 Å². The average molecular weight is 355 g/mol. The third-order valence-electron chi connectivity index (χ3n) is 3.63. The van der Waals surface area contributed by atoms with Gasteiger partial charge in [0, 0.05) is 28.9 Å². The summed E-state index contributed by atoms with van der Waals surface area (Å²) >= 11 is 6.19. The average Bonchev–Trinajstić information content (AvgIpc) is 2.63. The van der Waals surface area contributed by atoms with Crippen LogP contribution in [-0.2, 0) is 0 Å². The van der Waals surface area contributed by atoms with E-state index in [0.717, 1.165) is 22.5 Å². The Bertz CT molecular complexity index is 855. The molecule has 3 rings (SSSR count). The summed E-state index contributed by atoms with van der Waals surface area (Å²) in [6.07, 6.45) is 0. The molecule has 1 heterocycles. The van der Waals surface area contributed by atoms with E-state index in [1.54, 1.807) is 0 Å². The molecule has 1 aromatic heterocycles. The van der Waals surface area contributed by atoms with Crippen LogP contribution in [0.3, 0.4) is 0 Å². The Balaban J connectivity index is 1.95. The molecule has 0 unspecified atom stereocenters. The van der Waals surface area contributed by atoms with Gasteiger partial charge in [0.2, 0.25) is 5.95 Å². The zero-order valence-corrected chi connectivity index (χ0v) is 14.6. The molecule has 0 spiro atoms. The van der Waals surface area contributed by atoms with Crippen LogP contribution >= 0.6 is 11.6 Å². The van der Waals surface area contributed by atoms with E-state index in [-0.39, 0.29) is 6.61 Å². The molecule has 0 bridgehead atoms. The number of aryl methyl sites for hydroxylation is 1. The standard InChI is InChI=1S/C19H19ClN4O/c1-13-7-8-15(11-16(13)20)22-18-12-17(14-5-3-2-4-6-14)23-19(24-18)21-9-10-25/h2-8,11-12,25H,9-10H2,1H3,(H2,21,22,23,24).